The van der Waals surface area contributed by atoms with E-state index in [0.29, 0.717) is 43.4 Å². The lowest BCUT2D eigenvalue weighted by molar-refractivity contribution is -0.143. The molecule has 7 nitrogen and oxygen atoms in total. The first kappa shape index (κ1) is 28.2. The average molecular weight is 554 g/mol. The standard InChI is InChI=1S/C29H36ClN5O2S/c1-20(2)17-27(37)34-15-14-33(19-22(34)4)26(36)9-6-16-38-29-32-31-28(23-12-10-21(3)11-13-23)35(29)25-8-5-7-24(30)18-25/h5,7-8,10-13,18,20,22H,6,9,14-17,19H2,1-4H3. The van der Waals surface area contributed by atoms with Crippen LogP contribution in [0.3, 0.4) is 0 Å². The summed E-state index contributed by atoms with van der Waals surface area (Å²) in [5.74, 6) is 2.16. The summed E-state index contributed by atoms with van der Waals surface area (Å²) < 4.78 is 2.03. The molecule has 1 unspecified atom stereocenters. The molecule has 1 aliphatic rings. The Hall–Kier alpha value is -2.84. The molecule has 2 heterocycles. The molecule has 2 amide bonds. The quantitative estimate of drug-likeness (QED) is 0.245. The van der Waals surface area contributed by atoms with Crippen LogP contribution in [0.5, 0.6) is 0 Å². The van der Waals surface area contributed by atoms with E-state index in [2.05, 4.69) is 43.1 Å². The Morgan fingerprint density at radius 1 is 1.08 bits per heavy atom. The smallest absolute Gasteiger partial charge is 0.223 e. The lowest BCUT2D eigenvalue weighted by Gasteiger charge is -2.40. The average Bonchev–Trinajstić information content (AvgIpc) is 3.30. The number of thioether (sulfide) groups is 1. The highest BCUT2D eigenvalue weighted by molar-refractivity contribution is 7.99. The van der Waals surface area contributed by atoms with E-state index in [1.807, 2.05) is 57.7 Å². The second-order valence-electron chi connectivity index (χ2n) is 10.3. The summed E-state index contributed by atoms with van der Waals surface area (Å²) in [4.78, 5) is 29.2. The van der Waals surface area contributed by atoms with Gasteiger partial charge in [0.2, 0.25) is 11.8 Å². The minimum absolute atomic E-state index is 0.0461. The van der Waals surface area contributed by atoms with Crippen LogP contribution in [0.15, 0.2) is 53.7 Å². The number of carbonyl (C=O) groups excluding carboxylic acids is 2. The molecule has 1 atom stereocenters. The fraction of sp³-hybridized carbons (Fsp3) is 0.448. The SMILES string of the molecule is Cc1ccc(-c2nnc(SCCCC(=O)N3CCN(C(=O)CC(C)C)C(C)C3)n2-c2cccc(Cl)c2)cc1. The first-order chi connectivity index (χ1) is 18.2. The molecule has 0 aliphatic carbocycles. The minimum atomic E-state index is 0.0461. The summed E-state index contributed by atoms with van der Waals surface area (Å²) >= 11 is 7.89. The van der Waals surface area contributed by atoms with E-state index in [1.165, 1.54) is 5.56 Å². The molecular formula is C29H36ClN5O2S. The molecule has 9 heteroatoms. The van der Waals surface area contributed by atoms with E-state index in [1.54, 1.807) is 11.8 Å². The van der Waals surface area contributed by atoms with Crippen molar-refractivity contribution >= 4 is 35.2 Å². The maximum atomic E-state index is 12.9. The lowest BCUT2D eigenvalue weighted by Crippen LogP contribution is -2.55. The highest BCUT2D eigenvalue weighted by Crippen LogP contribution is 2.30. The number of amides is 2. The molecule has 3 aromatic rings. The van der Waals surface area contributed by atoms with Crippen LogP contribution in [-0.4, -0.2) is 67.8 Å². The molecule has 1 fully saturated rings. The van der Waals surface area contributed by atoms with Gasteiger partial charge < -0.3 is 9.80 Å². The van der Waals surface area contributed by atoms with Gasteiger partial charge in [-0.15, -0.1) is 10.2 Å². The first-order valence-electron chi connectivity index (χ1n) is 13.2. The second-order valence-corrected chi connectivity index (χ2v) is 11.8. The van der Waals surface area contributed by atoms with Crippen molar-refractivity contribution in [1.29, 1.82) is 0 Å². The van der Waals surface area contributed by atoms with Crippen LogP contribution in [0.4, 0.5) is 0 Å². The number of aryl methyl sites for hydroxylation is 1. The van der Waals surface area contributed by atoms with Gasteiger partial charge in [-0.2, -0.15) is 0 Å². The van der Waals surface area contributed by atoms with E-state index in [9.17, 15) is 9.59 Å². The molecule has 1 aromatic heterocycles. The number of benzene rings is 2. The van der Waals surface area contributed by atoms with Gasteiger partial charge in [-0.05, 0) is 44.4 Å². The maximum Gasteiger partial charge on any atom is 0.223 e. The van der Waals surface area contributed by atoms with Gasteiger partial charge in [0.1, 0.15) is 0 Å². The van der Waals surface area contributed by atoms with Gasteiger partial charge in [-0.25, -0.2) is 0 Å². The lowest BCUT2D eigenvalue weighted by atomic mass is 10.1. The number of nitrogens with zero attached hydrogens (tertiary/aromatic N) is 5. The van der Waals surface area contributed by atoms with Crippen LogP contribution in [0.2, 0.25) is 5.02 Å². The van der Waals surface area contributed by atoms with E-state index < -0.39 is 0 Å². The van der Waals surface area contributed by atoms with Crippen molar-refractivity contribution in [2.45, 2.75) is 58.2 Å². The molecule has 38 heavy (non-hydrogen) atoms. The summed E-state index contributed by atoms with van der Waals surface area (Å²) in [6, 6.07) is 15.9. The van der Waals surface area contributed by atoms with E-state index in [4.69, 9.17) is 11.6 Å². The van der Waals surface area contributed by atoms with Gasteiger partial charge in [0, 0.05) is 54.9 Å². The number of rotatable bonds is 9. The monoisotopic (exact) mass is 553 g/mol. The van der Waals surface area contributed by atoms with E-state index >= 15 is 0 Å². The number of hydrogen-bond acceptors (Lipinski definition) is 5. The number of carbonyl (C=O) groups is 2. The van der Waals surface area contributed by atoms with Gasteiger partial charge in [0.25, 0.3) is 0 Å². The zero-order valence-electron chi connectivity index (χ0n) is 22.6. The van der Waals surface area contributed by atoms with Crippen molar-refractivity contribution < 1.29 is 9.59 Å². The van der Waals surface area contributed by atoms with Crippen LogP contribution in [0, 0.1) is 12.8 Å². The molecule has 202 valence electrons. The molecule has 4 rings (SSSR count). The van der Waals surface area contributed by atoms with Crippen LogP contribution < -0.4 is 0 Å². The molecule has 0 bridgehead atoms. The third kappa shape index (κ3) is 6.97. The zero-order valence-corrected chi connectivity index (χ0v) is 24.1. The predicted octanol–water partition coefficient (Wildman–Crippen LogP) is 5.87. The molecule has 2 aromatic carbocycles. The largest absolute Gasteiger partial charge is 0.339 e. The van der Waals surface area contributed by atoms with Gasteiger partial charge >= 0.3 is 0 Å². The minimum Gasteiger partial charge on any atom is -0.339 e. The highest BCUT2D eigenvalue weighted by atomic mass is 35.5. The summed E-state index contributed by atoms with van der Waals surface area (Å²) in [7, 11) is 0. The van der Waals surface area contributed by atoms with Crippen LogP contribution >= 0.6 is 23.4 Å². The summed E-state index contributed by atoms with van der Waals surface area (Å²) in [6.45, 7) is 10.0. The van der Waals surface area contributed by atoms with Crippen LogP contribution in [0.25, 0.3) is 17.1 Å². The fourth-order valence-electron chi connectivity index (χ4n) is 4.67. The summed E-state index contributed by atoms with van der Waals surface area (Å²) in [6.07, 6.45) is 1.75. The number of aromatic nitrogens is 3. The first-order valence-corrected chi connectivity index (χ1v) is 14.6. The van der Waals surface area contributed by atoms with Gasteiger partial charge in [0.05, 0.1) is 5.69 Å². The number of hydrogen-bond donors (Lipinski definition) is 0. The van der Waals surface area contributed by atoms with Crippen molar-refractivity contribution in [2.75, 3.05) is 25.4 Å². The topological polar surface area (TPSA) is 71.3 Å². The van der Waals surface area contributed by atoms with Gasteiger partial charge in [-0.3, -0.25) is 14.2 Å². The number of piperazine rings is 1. The Labute approximate surface area is 234 Å². The van der Waals surface area contributed by atoms with Crippen molar-refractivity contribution in [3.63, 3.8) is 0 Å². The molecule has 0 N–H and O–H groups in total. The zero-order chi connectivity index (χ0) is 27.2. The van der Waals surface area contributed by atoms with Gasteiger partial charge in [-0.1, -0.05) is 73.1 Å². The molecule has 1 saturated heterocycles. The number of halogens is 1. The van der Waals surface area contributed by atoms with Crippen LogP contribution in [-0.2, 0) is 9.59 Å². The molecule has 0 spiro atoms. The Morgan fingerprint density at radius 2 is 1.84 bits per heavy atom. The van der Waals surface area contributed by atoms with Crippen LogP contribution in [0.1, 0.15) is 45.6 Å². The van der Waals surface area contributed by atoms with E-state index in [0.717, 1.165) is 34.4 Å². The molecule has 0 saturated carbocycles. The fourth-order valence-corrected chi connectivity index (χ4v) is 5.74. The maximum absolute atomic E-state index is 12.9. The van der Waals surface area contributed by atoms with Crippen molar-refractivity contribution in [3.05, 3.63) is 59.1 Å². The molecular weight excluding hydrogens is 518 g/mol. The normalized spacial score (nSPS) is 15.8. The van der Waals surface area contributed by atoms with E-state index in [-0.39, 0.29) is 17.9 Å². The summed E-state index contributed by atoms with van der Waals surface area (Å²) in [5, 5.41) is 10.4. The Morgan fingerprint density at radius 3 is 2.53 bits per heavy atom. The Balaban J connectivity index is 1.37. The van der Waals surface area contributed by atoms with Crippen molar-refractivity contribution in [1.82, 2.24) is 24.6 Å². The third-order valence-electron chi connectivity index (χ3n) is 6.66. The second kappa shape index (κ2) is 12.8. The Kier molecular flexibility index (Phi) is 9.49. The molecule has 0 radical (unpaired) electrons. The van der Waals surface area contributed by atoms with Crippen molar-refractivity contribution in [3.8, 4) is 17.1 Å². The molecule has 1 aliphatic heterocycles. The summed E-state index contributed by atoms with van der Waals surface area (Å²) in [5.41, 5.74) is 3.06. The van der Waals surface area contributed by atoms with Gasteiger partial charge in [0.15, 0.2) is 11.0 Å². The predicted molar refractivity (Wildman–Crippen MR) is 154 cm³/mol. The van der Waals surface area contributed by atoms with Crippen molar-refractivity contribution in [2.24, 2.45) is 5.92 Å². The third-order valence-corrected chi connectivity index (χ3v) is 7.91. The highest BCUT2D eigenvalue weighted by Gasteiger charge is 2.29. The Bertz CT molecular complexity index is 1260.